The van der Waals surface area contributed by atoms with Crippen molar-refractivity contribution in [3.8, 4) is 0 Å². The molecule has 1 rings (SSSR count). The van der Waals surface area contributed by atoms with E-state index in [2.05, 4.69) is 15.9 Å². The second kappa shape index (κ2) is 7.37. The molecule has 0 aliphatic heterocycles. The van der Waals surface area contributed by atoms with Gasteiger partial charge in [0, 0.05) is 20.2 Å². The van der Waals surface area contributed by atoms with Crippen molar-refractivity contribution in [1.29, 1.82) is 0 Å². The summed E-state index contributed by atoms with van der Waals surface area (Å²) in [7, 11) is 1.51. The van der Waals surface area contributed by atoms with E-state index in [1.54, 1.807) is 4.90 Å². The number of nitro benzene ring substituents is 1. The van der Waals surface area contributed by atoms with E-state index in [0.29, 0.717) is 13.2 Å². The van der Waals surface area contributed by atoms with Gasteiger partial charge in [-0.15, -0.1) is 0 Å². The van der Waals surface area contributed by atoms with Gasteiger partial charge in [0.1, 0.15) is 11.5 Å². The van der Waals surface area contributed by atoms with Gasteiger partial charge in [0.2, 0.25) is 0 Å². The molecule has 0 radical (unpaired) electrons. The summed E-state index contributed by atoms with van der Waals surface area (Å²) < 4.78 is 18.4. The van der Waals surface area contributed by atoms with E-state index in [1.807, 2.05) is 0 Å². The van der Waals surface area contributed by atoms with E-state index >= 15 is 0 Å². The zero-order valence-corrected chi connectivity index (χ0v) is 11.9. The summed E-state index contributed by atoms with van der Waals surface area (Å²) in [6.45, 7) is 0.722. The quantitative estimate of drug-likeness (QED) is 0.608. The molecule has 106 valence electrons. The fourth-order valence-corrected chi connectivity index (χ4v) is 1.93. The lowest BCUT2D eigenvalue weighted by atomic mass is 10.2. The van der Waals surface area contributed by atoms with Gasteiger partial charge in [0.05, 0.1) is 28.7 Å². The number of methoxy groups -OCH3 is 1. The Morgan fingerprint density at radius 3 is 2.74 bits per heavy atom. The van der Waals surface area contributed by atoms with Crippen LogP contribution in [-0.4, -0.2) is 43.4 Å². The summed E-state index contributed by atoms with van der Waals surface area (Å²) in [5.41, 5.74) is -0.102. The summed E-state index contributed by atoms with van der Waals surface area (Å²) in [6.07, 6.45) is 0. The summed E-state index contributed by atoms with van der Waals surface area (Å²) in [5.74, 6) is -0.703. The molecule has 0 bridgehead atoms. The van der Waals surface area contributed by atoms with Crippen LogP contribution in [0.1, 0.15) is 0 Å². The third-order valence-electron chi connectivity index (χ3n) is 2.49. The molecule has 0 heterocycles. The Hall–Kier alpha value is -1.25. The van der Waals surface area contributed by atoms with Gasteiger partial charge in [-0.25, -0.2) is 4.39 Å². The van der Waals surface area contributed by atoms with Crippen LogP contribution < -0.4 is 4.90 Å². The lowest BCUT2D eigenvalue weighted by Crippen LogP contribution is -2.30. The standard InChI is InChI=1S/C11H14BrFN2O4/c1-19-5-3-14(2-4-16)10-6-8(12)9(13)7-11(10)15(17)18/h6-7,16H,2-5H2,1H3. The highest BCUT2D eigenvalue weighted by atomic mass is 79.9. The smallest absolute Gasteiger partial charge is 0.295 e. The minimum atomic E-state index is -0.703. The van der Waals surface area contributed by atoms with Gasteiger partial charge in [-0.3, -0.25) is 10.1 Å². The Morgan fingerprint density at radius 2 is 2.21 bits per heavy atom. The van der Waals surface area contributed by atoms with Gasteiger partial charge >= 0.3 is 0 Å². The molecule has 1 N–H and O–H groups in total. The Kier molecular flexibility index (Phi) is 6.13. The second-order valence-corrected chi connectivity index (χ2v) is 4.57. The number of hydrogen-bond donors (Lipinski definition) is 1. The third kappa shape index (κ3) is 4.12. The third-order valence-corrected chi connectivity index (χ3v) is 3.10. The second-order valence-electron chi connectivity index (χ2n) is 3.72. The molecule has 1 aromatic carbocycles. The number of benzene rings is 1. The molecular weight excluding hydrogens is 323 g/mol. The molecule has 0 amide bonds. The topological polar surface area (TPSA) is 75.8 Å². The van der Waals surface area contributed by atoms with Gasteiger partial charge in [0.25, 0.3) is 5.69 Å². The molecule has 0 saturated heterocycles. The van der Waals surface area contributed by atoms with Crippen molar-refractivity contribution in [3.05, 3.63) is 32.5 Å². The highest BCUT2D eigenvalue weighted by Gasteiger charge is 2.22. The first-order valence-electron chi connectivity index (χ1n) is 5.49. The Labute approximate surface area is 118 Å². The summed E-state index contributed by atoms with van der Waals surface area (Å²) in [4.78, 5) is 11.9. The normalized spacial score (nSPS) is 10.5. The molecular formula is C11H14BrFN2O4. The Bertz CT molecular complexity index is 459. The number of nitro groups is 1. The first kappa shape index (κ1) is 15.8. The minimum Gasteiger partial charge on any atom is -0.395 e. The number of ether oxygens (including phenoxy) is 1. The predicted molar refractivity (Wildman–Crippen MR) is 71.9 cm³/mol. The van der Waals surface area contributed by atoms with Crippen LogP contribution in [0, 0.1) is 15.9 Å². The van der Waals surface area contributed by atoms with E-state index in [-0.39, 0.29) is 29.0 Å². The first-order valence-corrected chi connectivity index (χ1v) is 6.28. The van der Waals surface area contributed by atoms with E-state index in [0.717, 1.165) is 6.07 Å². The molecule has 0 aliphatic rings. The van der Waals surface area contributed by atoms with E-state index in [9.17, 15) is 14.5 Å². The molecule has 1 aromatic rings. The maximum absolute atomic E-state index is 13.4. The number of nitrogens with zero attached hydrogens (tertiary/aromatic N) is 2. The largest absolute Gasteiger partial charge is 0.395 e. The van der Waals surface area contributed by atoms with Crippen molar-refractivity contribution in [2.75, 3.05) is 38.3 Å². The van der Waals surface area contributed by atoms with Crippen LogP contribution in [0.25, 0.3) is 0 Å². The zero-order chi connectivity index (χ0) is 14.4. The minimum absolute atomic E-state index is 0.133. The maximum Gasteiger partial charge on any atom is 0.295 e. The highest BCUT2D eigenvalue weighted by molar-refractivity contribution is 9.10. The average molecular weight is 337 g/mol. The van der Waals surface area contributed by atoms with E-state index in [4.69, 9.17) is 9.84 Å². The van der Waals surface area contributed by atoms with Crippen molar-refractivity contribution in [1.82, 2.24) is 0 Å². The number of hydrogen-bond acceptors (Lipinski definition) is 5. The molecule has 0 saturated carbocycles. The number of halogens is 2. The fourth-order valence-electron chi connectivity index (χ4n) is 1.60. The van der Waals surface area contributed by atoms with Gasteiger partial charge in [-0.1, -0.05) is 0 Å². The zero-order valence-electron chi connectivity index (χ0n) is 10.3. The average Bonchev–Trinajstić information content (AvgIpc) is 2.37. The van der Waals surface area contributed by atoms with Crippen molar-refractivity contribution >= 4 is 27.3 Å². The molecule has 8 heteroatoms. The highest BCUT2D eigenvalue weighted by Crippen LogP contribution is 2.33. The lowest BCUT2D eigenvalue weighted by Gasteiger charge is -2.23. The molecule has 0 spiro atoms. The van der Waals surface area contributed by atoms with E-state index in [1.165, 1.54) is 13.2 Å². The number of anilines is 1. The fraction of sp³-hybridized carbons (Fsp3) is 0.455. The number of aliphatic hydroxyl groups excluding tert-OH is 1. The van der Waals surface area contributed by atoms with Gasteiger partial charge < -0.3 is 14.7 Å². The van der Waals surface area contributed by atoms with Gasteiger partial charge in [-0.2, -0.15) is 0 Å². The summed E-state index contributed by atoms with van der Waals surface area (Å²) in [5, 5.41) is 20.0. The van der Waals surface area contributed by atoms with Crippen LogP contribution in [-0.2, 0) is 4.74 Å². The lowest BCUT2D eigenvalue weighted by molar-refractivity contribution is -0.384. The molecule has 0 fully saturated rings. The SMILES string of the molecule is COCCN(CCO)c1cc(Br)c(F)cc1[N+](=O)[O-]. The van der Waals surface area contributed by atoms with E-state index < -0.39 is 10.7 Å². The first-order chi connectivity index (χ1) is 9.01. The van der Waals surface area contributed by atoms with Crippen molar-refractivity contribution in [3.63, 3.8) is 0 Å². The maximum atomic E-state index is 13.4. The summed E-state index contributed by atoms with van der Waals surface area (Å²) in [6, 6.07) is 2.19. The molecule has 6 nitrogen and oxygen atoms in total. The number of rotatable bonds is 7. The van der Waals surface area contributed by atoms with Crippen LogP contribution in [0.4, 0.5) is 15.8 Å². The monoisotopic (exact) mass is 336 g/mol. The predicted octanol–water partition coefficient (Wildman–Crippen LogP) is 1.94. The van der Waals surface area contributed by atoms with Crippen molar-refractivity contribution in [2.24, 2.45) is 0 Å². The molecule has 0 aliphatic carbocycles. The molecule has 0 atom stereocenters. The van der Waals surface area contributed by atoms with Crippen LogP contribution in [0.15, 0.2) is 16.6 Å². The van der Waals surface area contributed by atoms with Crippen molar-refractivity contribution < 1.29 is 19.2 Å². The molecule has 0 aromatic heterocycles. The van der Waals surface area contributed by atoms with Gasteiger partial charge in [0.15, 0.2) is 0 Å². The summed E-state index contributed by atoms with van der Waals surface area (Å²) >= 11 is 3.00. The Morgan fingerprint density at radius 1 is 1.53 bits per heavy atom. The number of aliphatic hydroxyl groups is 1. The van der Waals surface area contributed by atoms with Crippen LogP contribution in [0.2, 0.25) is 0 Å². The Balaban J connectivity index is 3.19. The van der Waals surface area contributed by atoms with Crippen molar-refractivity contribution in [2.45, 2.75) is 0 Å². The van der Waals surface area contributed by atoms with Gasteiger partial charge in [-0.05, 0) is 22.0 Å². The van der Waals surface area contributed by atoms with Crippen LogP contribution in [0.3, 0.4) is 0 Å². The molecule has 19 heavy (non-hydrogen) atoms. The van der Waals surface area contributed by atoms with Crippen LogP contribution >= 0.6 is 15.9 Å². The van der Waals surface area contributed by atoms with Crippen LogP contribution in [0.5, 0.6) is 0 Å². The molecule has 0 unspecified atom stereocenters.